The third-order valence-corrected chi connectivity index (χ3v) is 5.74. The molecule has 0 aliphatic rings. The molecular weight excluding hydrogens is 478 g/mol. The van der Waals surface area contributed by atoms with Gasteiger partial charge in [-0.25, -0.2) is 4.98 Å². The molecule has 1 heterocycles. The highest BCUT2D eigenvalue weighted by Gasteiger charge is 2.45. The summed E-state index contributed by atoms with van der Waals surface area (Å²) in [6.45, 7) is 1.66. The van der Waals surface area contributed by atoms with E-state index in [0.29, 0.717) is 16.9 Å². The Hall–Kier alpha value is -2.77. The van der Waals surface area contributed by atoms with Crippen LogP contribution in [0.3, 0.4) is 0 Å². The molecular formula is C24H20Cl2F3NO3. The second-order valence-electron chi connectivity index (χ2n) is 7.58. The predicted octanol–water partition coefficient (Wildman–Crippen LogP) is 7.04. The molecule has 3 aromatic rings. The molecule has 0 amide bonds. The summed E-state index contributed by atoms with van der Waals surface area (Å²) in [5.41, 5.74) is 1.82. The highest BCUT2D eigenvalue weighted by molar-refractivity contribution is 6.31. The number of carboxylic acid groups (broad SMARTS) is 1. The number of benzene rings is 2. The Morgan fingerprint density at radius 1 is 1.06 bits per heavy atom. The normalized spacial score (nSPS) is 13.4. The summed E-state index contributed by atoms with van der Waals surface area (Å²) in [4.78, 5) is 14.5. The fourth-order valence-electron chi connectivity index (χ4n) is 3.61. The maximum absolute atomic E-state index is 13.9. The average molecular weight is 498 g/mol. The van der Waals surface area contributed by atoms with Crippen molar-refractivity contribution in [3.05, 3.63) is 93.2 Å². The Labute approximate surface area is 198 Å². The number of hydrogen-bond donors (Lipinski definition) is 1. The third-order valence-electron chi connectivity index (χ3n) is 5.21. The molecule has 3 rings (SSSR count). The van der Waals surface area contributed by atoms with Crippen LogP contribution in [0.25, 0.3) is 0 Å². The van der Waals surface area contributed by atoms with E-state index in [1.807, 2.05) is 0 Å². The molecule has 1 N–H and O–H groups in total. The van der Waals surface area contributed by atoms with Gasteiger partial charge >= 0.3 is 12.1 Å². The summed E-state index contributed by atoms with van der Waals surface area (Å²) in [6.07, 6.45) is -3.34. The molecule has 0 radical (unpaired) electrons. The first-order valence-electron chi connectivity index (χ1n) is 9.94. The van der Waals surface area contributed by atoms with Crippen LogP contribution in [0, 0.1) is 0 Å². The van der Waals surface area contributed by atoms with Crippen LogP contribution in [0.1, 0.15) is 41.0 Å². The quantitative estimate of drug-likeness (QED) is 0.339. The van der Waals surface area contributed by atoms with E-state index >= 15 is 0 Å². The second-order valence-corrected chi connectivity index (χ2v) is 8.37. The lowest BCUT2D eigenvalue weighted by Gasteiger charge is -2.28. The summed E-state index contributed by atoms with van der Waals surface area (Å²) in [7, 11) is 0. The minimum Gasteiger partial charge on any atom is -0.489 e. The van der Waals surface area contributed by atoms with Gasteiger partial charge in [0.2, 0.25) is 0 Å². The molecule has 0 aliphatic carbocycles. The van der Waals surface area contributed by atoms with Crippen LogP contribution in [0.5, 0.6) is 5.75 Å². The van der Waals surface area contributed by atoms with Crippen LogP contribution < -0.4 is 4.74 Å². The molecule has 2 atom stereocenters. The molecule has 0 aliphatic heterocycles. The van der Waals surface area contributed by atoms with Gasteiger partial charge in [0.1, 0.15) is 17.5 Å². The van der Waals surface area contributed by atoms with Gasteiger partial charge in [-0.3, -0.25) is 4.79 Å². The number of carbonyl (C=O) groups is 1. The lowest BCUT2D eigenvalue weighted by atomic mass is 9.82. The highest BCUT2D eigenvalue weighted by atomic mass is 35.5. The Balaban J connectivity index is 1.75. The van der Waals surface area contributed by atoms with Crippen LogP contribution in [-0.2, 0) is 17.8 Å². The van der Waals surface area contributed by atoms with E-state index in [1.54, 1.807) is 30.3 Å². The summed E-state index contributed by atoms with van der Waals surface area (Å²) in [6, 6.07) is 14.0. The van der Waals surface area contributed by atoms with Crippen molar-refractivity contribution < 1.29 is 27.8 Å². The highest BCUT2D eigenvalue weighted by Crippen LogP contribution is 2.46. The topological polar surface area (TPSA) is 59.4 Å². The first-order chi connectivity index (χ1) is 15.5. The minimum atomic E-state index is -4.52. The number of ether oxygens (including phenoxy) is 1. The van der Waals surface area contributed by atoms with Crippen LogP contribution in [0.15, 0.2) is 60.8 Å². The molecule has 0 spiro atoms. The van der Waals surface area contributed by atoms with E-state index in [9.17, 15) is 18.0 Å². The van der Waals surface area contributed by atoms with Crippen molar-refractivity contribution in [1.29, 1.82) is 0 Å². The van der Waals surface area contributed by atoms with Crippen molar-refractivity contribution in [2.75, 3.05) is 0 Å². The fourth-order valence-corrected chi connectivity index (χ4v) is 4.14. The smallest absolute Gasteiger partial charge is 0.396 e. The Kier molecular flexibility index (Phi) is 7.87. The van der Waals surface area contributed by atoms with Gasteiger partial charge in [0, 0.05) is 11.2 Å². The number of nitrogens with zero attached hydrogens (tertiary/aromatic N) is 1. The van der Waals surface area contributed by atoms with E-state index < -0.39 is 24.0 Å². The Bertz CT molecular complexity index is 1120. The standard InChI is InChI=1S/C24H20Cl2F3NO3/c1-14(23(24(27,28)29)17-8-9-30-21(26)11-17)19-7-6-18(12-20(19)25)33-13-16-4-2-15(3-5-16)10-22(31)32/h2-9,11-12,14,23H,10,13H2,1H3,(H,31,32). The maximum Gasteiger partial charge on any atom is 0.396 e. The largest absolute Gasteiger partial charge is 0.489 e. The zero-order valence-corrected chi connectivity index (χ0v) is 19.0. The van der Waals surface area contributed by atoms with E-state index in [4.69, 9.17) is 33.0 Å². The SMILES string of the molecule is CC(c1ccc(OCc2ccc(CC(=O)O)cc2)cc1Cl)C(c1ccnc(Cl)c1)C(F)(F)F. The van der Waals surface area contributed by atoms with Gasteiger partial charge in [0.25, 0.3) is 0 Å². The first-order valence-corrected chi connectivity index (χ1v) is 10.7. The molecule has 9 heteroatoms. The van der Waals surface area contributed by atoms with E-state index in [-0.39, 0.29) is 28.8 Å². The third kappa shape index (κ3) is 6.62. The Morgan fingerprint density at radius 3 is 2.30 bits per heavy atom. The molecule has 174 valence electrons. The molecule has 0 saturated heterocycles. The molecule has 2 aromatic carbocycles. The zero-order valence-electron chi connectivity index (χ0n) is 17.4. The number of hydrogen-bond acceptors (Lipinski definition) is 3. The van der Waals surface area contributed by atoms with Crippen molar-refractivity contribution in [1.82, 2.24) is 4.98 Å². The van der Waals surface area contributed by atoms with Crippen molar-refractivity contribution in [2.45, 2.75) is 38.0 Å². The van der Waals surface area contributed by atoms with Gasteiger partial charge in [0.15, 0.2) is 0 Å². The second kappa shape index (κ2) is 10.4. The van der Waals surface area contributed by atoms with Crippen LogP contribution in [0.4, 0.5) is 13.2 Å². The number of carboxylic acids is 1. The van der Waals surface area contributed by atoms with Crippen LogP contribution in [0.2, 0.25) is 10.2 Å². The average Bonchev–Trinajstić information content (AvgIpc) is 2.72. The zero-order chi connectivity index (χ0) is 24.2. The number of halogens is 5. The molecule has 0 fully saturated rings. The summed E-state index contributed by atoms with van der Waals surface area (Å²) >= 11 is 12.2. The van der Waals surface area contributed by atoms with Crippen molar-refractivity contribution >= 4 is 29.2 Å². The number of aromatic nitrogens is 1. The van der Waals surface area contributed by atoms with Crippen molar-refractivity contribution in [3.8, 4) is 5.75 Å². The molecule has 2 unspecified atom stereocenters. The van der Waals surface area contributed by atoms with Crippen LogP contribution >= 0.6 is 23.2 Å². The van der Waals surface area contributed by atoms with Crippen molar-refractivity contribution in [3.63, 3.8) is 0 Å². The maximum atomic E-state index is 13.9. The lowest BCUT2D eigenvalue weighted by molar-refractivity contribution is -0.154. The number of aliphatic carboxylic acids is 1. The first kappa shape index (κ1) is 24.9. The molecule has 1 aromatic heterocycles. The Morgan fingerprint density at radius 2 is 1.73 bits per heavy atom. The number of rotatable bonds is 8. The van der Waals surface area contributed by atoms with Gasteiger partial charge in [-0.1, -0.05) is 60.5 Å². The van der Waals surface area contributed by atoms with Gasteiger partial charge in [-0.05, 0) is 52.4 Å². The lowest BCUT2D eigenvalue weighted by Crippen LogP contribution is -2.26. The number of pyridine rings is 1. The van der Waals surface area contributed by atoms with Gasteiger partial charge in [0.05, 0.1) is 12.3 Å². The summed E-state index contributed by atoms with van der Waals surface area (Å²) < 4.78 is 47.5. The number of alkyl halides is 3. The van der Waals surface area contributed by atoms with Gasteiger partial charge in [-0.2, -0.15) is 13.2 Å². The molecule has 0 saturated carbocycles. The summed E-state index contributed by atoms with van der Waals surface area (Å²) in [5, 5.41) is 8.97. The van der Waals surface area contributed by atoms with Crippen molar-refractivity contribution in [2.24, 2.45) is 0 Å². The molecule has 0 bridgehead atoms. The fraction of sp³-hybridized carbons (Fsp3) is 0.250. The van der Waals surface area contributed by atoms with E-state index in [2.05, 4.69) is 4.98 Å². The molecule has 4 nitrogen and oxygen atoms in total. The van der Waals surface area contributed by atoms with E-state index in [0.717, 1.165) is 5.56 Å². The minimum absolute atomic E-state index is 0.0118. The summed E-state index contributed by atoms with van der Waals surface area (Å²) in [5.74, 6) is -3.30. The van der Waals surface area contributed by atoms with Crippen LogP contribution in [-0.4, -0.2) is 22.2 Å². The molecule has 33 heavy (non-hydrogen) atoms. The monoisotopic (exact) mass is 497 g/mol. The predicted molar refractivity (Wildman–Crippen MR) is 120 cm³/mol. The van der Waals surface area contributed by atoms with Gasteiger partial charge in [-0.15, -0.1) is 0 Å². The van der Waals surface area contributed by atoms with Gasteiger partial charge < -0.3 is 9.84 Å². The van der Waals surface area contributed by atoms with E-state index in [1.165, 1.54) is 37.4 Å².